The molecule has 0 aliphatic heterocycles. The first-order chi connectivity index (χ1) is 11.1. The predicted molar refractivity (Wildman–Crippen MR) is 89.5 cm³/mol. The number of unbranched alkanes of at least 4 members (excludes halogenated alkanes) is 2. The second-order valence-electron chi connectivity index (χ2n) is 5.53. The molecule has 6 heteroatoms. The van der Waals surface area contributed by atoms with E-state index in [2.05, 4.69) is 23.5 Å². The van der Waals surface area contributed by atoms with Crippen molar-refractivity contribution in [3.63, 3.8) is 0 Å². The summed E-state index contributed by atoms with van der Waals surface area (Å²) in [5.74, 6) is -0.354. The Balaban J connectivity index is 1.94. The lowest BCUT2D eigenvalue weighted by Crippen LogP contribution is -2.19. The molecule has 0 heterocycles. The van der Waals surface area contributed by atoms with Crippen LogP contribution in [0.1, 0.15) is 55.8 Å². The molecule has 1 aromatic carbocycles. The lowest BCUT2D eigenvalue weighted by molar-refractivity contribution is -0.384. The van der Waals surface area contributed by atoms with Crippen LogP contribution in [0, 0.1) is 10.1 Å². The Morgan fingerprint density at radius 1 is 1.30 bits per heavy atom. The number of allylic oxidation sites excluding steroid dienone is 2. The lowest BCUT2D eigenvalue weighted by atomic mass is 10.1. The standard InChI is InChI=1S/C17H21N3O3/c1-2-3-4-6-13-7-5-8-16(13)18-19-17(21)14-9-11-15(12-10-14)20(22)23/h7,9-12H,2-6,8H2,1H3,(H,19,21)/b18-16+. The molecule has 0 saturated heterocycles. The third kappa shape index (κ3) is 4.74. The molecule has 0 radical (unpaired) electrons. The van der Waals surface area contributed by atoms with Crippen molar-refractivity contribution in [1.82, 2.24) is 5.43 Å². The zero-order chi connectivity index (χ0) is 16.7. The minimum atomic E-state index is -0.492. The molecule has 1 aliphatic rings. The number of hydrazone groups is 1. The lowest BCUT2D eigenvalue weighted by Gasteiger charge is -2.05. The molecule has 1 aromatic rings. The van der Waals surface area contributed by atoms with Crippen molar-refractivity contribution in [3.8, 4) is 0 Å². The Hall–Kier alpha value is -2.50. The molecule has 0 aromatic heterocycles. The fourth-order valence-corrected chi connectivity index (χ4v) is 2.52. The summed E-state index contributed by atoms with van der Waals surface area (Å²) < 4.78 is 0. The van der Waals surface area contributed by atoms with Crippen LogP contribution in [0.15, 0.2) is 41.0 Å². The summed E-state index contributed by atoms with van der Waals surface area (Å²) in [7, 11) is 0. The van der Waals surface area contributed by atoms with Gasteiger partial charge in [-0.15, -0.1) is 0 Å². The monoisotopic (exact) mass is 315 g/mol. The smallest absolute Gasteiger partial charge is 0.267 e. The second-order valence-corrected chi connectivity index (χ2v) is 5.53. The molecule has 23 heavy (non-hydrogen) atoms. The first-order valence-electron chi connectivity index (χ1n) is 7.92. The Labute approximate surface area is 135 Å². The third-order valence-corrected chi connectivity index (χ3v) is 3.82. The van der Waals surface area contributed by atoms with E-state index in [1.54, 1.807) is 0 Å². The van der Waals surface area contributed by atoms with Crippen molar-refractivity contribution in [3.05, 3.63) is 51.6 Å². The van der Waals surface area contributed by atoms with E-state index in [4.69, 9.17) is 0 Å². The van der Waals surface area contributed by atoms with Crippen molar-refractivity contribution >= 4 is 17.3 Å². The van der Waals surface area contributed by atoms with E-state index < -0.39 is 4.92 Å². The van der Waals surface area contributed by atoms with E-state index in [1.807, 2.05) is 0 Å². The number of benzene rings is 1. The highest BCUT2D eigenvalue weighted by atomic mass is 16.6. The summed E-state index contributed by atoms with van der Waals surface area (Å²) in [5.41, 5.74) is 5.03. The maximum Gasteiger partial charge on any atom is 0.271 e. The molecule has 0 atom stereocenters. The van der Waals surface area contributed by atoms with Gasteiger partial charge in [-0.2, -0.15) is 5.10 Å². The third-order valence-electron chi connectivity index (χ3n) is 3.82. The van der Waals surface area contributed by atoms with Gasteiger partial charge in [-0.1, -0.05) is 25.8 Å². The van der Waals surface area contributed by atoms with Crippen LogP contribution >= 0.6 is 0 Å². The first-order valence-corrected chi connectivity index (χ1v) is 7.92. The van der Waals surface area contributed by atoms with Crippen LogP contribution in [0.2, 0.25) is 0 Å². The number of nitro groups is 1. The van der Waals surface area contributed by atoms with Gasteiger partial charge in [-0.3, -0.25) is 14.9 Å². The summed E-state index contributed by atoms with van der Waals surface area (Å²) in [4.78, 5) is 22.2. The Morgan fingerprint density at radius 2 is 2.04 bits per heavy atom. The molecule has 122 valence electrons. The number of carbonyl (C=O) groups excluding carboxylic acids is 1. The first kappa shape index (κ1) is 16.9. The number of amides is 1. The van der Waals surface area contributed by atoms with E-state index in [0.717, 1.165) is 31.4 Å². The zero-order valence-corrected chi connectivity index (χ0v) is 13.2. The summed E-state index contributed by atoms with van der Waals surface area (Å²) in [6.45, 7) is 2.17. The van der Waals surface area contributed by atoms with Crippen molar-refractivity contribution in [1.29, 1.82) is 0 Å². The van der Waals surface area contributed by atoms with Gasteiger partial charge in [-0.05, 0) is 43.4 Å². The fraction of sp³-hybridized carbons (Fsp3) is 0.412. The van der Waals surface area contributed by atoms with Gasteiger partial charge in [0.1, 0.15) is 0 Å². The molecule has 0 spiro atoms. The molecule has 1 amide bonds. The van der Waals surface area contributed by atoms with Gasteiger partial charge in [0.2, 0.25) is 0 Å². The highest BCUT2D eigenvalue weighted by Gasteiger charge is 2.14. The summed E-state index contributed by atoms with van der Waals surface area (Å²) in [6, 6.07) is 5.49. The summed E-state index contributed by atoms with van der Waals surface area (Å²) in [5, 5.41) is 14.8. The minimum absolute atomic E-state index is 0.0372. The maximum atomic E-state index is 12.0. The maximum absolute atomic E-state index is 12.0. The average Bonchev–Trinajstić information content (AvgIpc) is 3.00. The molecule has 0 bridgehead atoms. The van der Waals surface area contributed by atoms with E-state index in [9.17, 15) is 14.9 Å². The Morgan fingerprint density at radius 3 is 2.70 bits per heavy atom. The number of nitrogens with one attached hydrogen (secondary N) is 1. The van der Waals surface area contributed by atoms with Crippen LogP contribution in [-0.4, -0.2) is 16.5 Å². The SMILES string of the molecule is CCCCCC1=CCC/C1=N\NC(=O)c1ccc([N+](=O)[O-])cc1. The number of nitrogens with zero attached hydrogens (tertiary/aromatic N) is 2. The zero-order valence-electron chi connectivity index (χ0n) is 13.2. The molecule has 6 nitrogen and oxygen atoms in total. The van der Waals surface area contributed by atoms with Crippen molar-refractivity contribution < 1.29 is 9.72 Å². The van der Waals surface area contributed by atoms with Crippen molar-refractivity contribution in [2.24, 2.45) is 5.10 Å². The average molecular weight is 315 g/mol. The Kier molecular flexibility index (Phi) is 6.02. The molecule has 1 N–H and O–H groups in total. The molecule has 1 aliphatic carbocycles. The van der Waals surface area contributed by atoms with Gasteiger partial charge in [-0.25, -0.2) is 5.43 Å². The van der Waals surface area contributed by atoms with E-state index >= 15 is 0 Å². The van der Waals surface area contributed by atoms with Crippen molar-refractivity contribution in [2.75, 3.05) is 0 Å². The molecule has 0 saturated carbocycles. The van der Waals surface area contributed by atoms with Crippen LogP contribution in [0.5, 0.6) is 0 Å². The van der Waals surface area contributed by atoms with Gasteiger partial charge in [0.25, 0.3) is 11.6 Å². The molecule has 0 fully saturated rings. The molecule has 2 rings (SSSR count). The topological polar surface area (TPSA) is 84.6 Å². The van der Waals surface area contributed by atoms with Crippen molar-refractivity contribution in [2.45, 2.75) is 45.4 Å². The number of non-ortho nitro benzene ring substituents is 1. The number of hydrogen-bond donors (Lipinski definition) is 1. The van der Waals surface area contributed by atoms with E-state index in [0.29, 0.717) is 5.56 Å². The second kappa shape index (κ2) is 8.22. The van der Waals surface area contributed by atoms with Gasteiger partial charge in [0.15, 0.2) is 0 Å². The molecular weight excluding hydrogens is 294 g/mol. The largest absolute Gasteiger partial charge is 0.271 e. The number of carbonyl (C=O) groups is 1. The van der Waals surface area contributed by atoms with Crippen LogP contribution in [0.4, 0.5) is 5.69 Å². The van der Waals surface area contributed by atoms with Crippen LogP contribution in [0.25, 0.3) is 0 Å². The van der Waals surface area contributed by atoms with Crippen LogP contribution in [0.3, 0.4) is 0 Å². The quantitative estimate of drug-likeness (QED) is 0.469. The fourth-order valence-electron chi connectivity index (χ4n) is 2.52. The molecule has 0 unspecified atom stereocenters. The van der Waals surface area contributed by atoms with Gasteiger partial charge in [0, 0.05) is 17.7 Å². The highest BCUT2D eigenvalue weighted by molar-refractivity contribution is 6.03. The van der Waals surface area contributed by atoms with E-state index in [1.165, 1.54) is 42.7 Å². The predicted octanol–water partition coefficient (Wildman–Crippen LogP) is 3.98. The summed E-state index contributed by atoms with van der Waals surface area (Å²) in [6.07, 6.45) is 8.51. The normalized spacial score (nSPS) is 15.5. The van der Waals surface area contributed by atoms with Gasteiger partial charge < -0.3 is 0 Å². The molecular formula is C17H21N3O3. The summed E-state index contributed by atoms with van der Waals surface area (Å²) >= 11 is 0. The Bertz CT molecular complexity index is 633. The number of rotatable bonds is 7. The van der Waals surface area contributed by atoms with Gasteiger partial charge >= 0.3 is 0 Å². The van der Waals surface area contributed by atoms with Crippen LogP contribution < -0.4 is 5.43 Å². The number of nitro benzene ring substituents is 1. The van der Waals surface area contributed by atoms with Crippen LogP contribution in [-0.2, 0) is 0 Å². The van der Waals surface area contributed by atoms with E-state index in [-0.39, 0.29) is 11.6 Å². The number of hydrogen-bond acceptors (Lipinski definition) is 4. The minimum Gasteiger partial charge on any atom is -0.267 e. The highest BCUT2D eigenvalue weighted by Crippen LogP contribution is 2.21. The van der Waals surface area contributed by atoms with Gasteiger partial charge in [0.05, 0.1) is 10.6 Å².